The average Bonchev–Trinajstić information content (AvgIpc) is 2.39. The van der Waals surface area contributed by atoms with Gasteiger partial charge < -0.3 is 5.32 Å². The second kappa shape index (κ2) is 6.90. The molecular formula is C12H18Cl2N2O2S. The molecule has 1 fully saturated rings. The van der Waals surface area contributed by atoms with Crippen molar-refractivity contribution >= 4 is 34.0 Å². The van der Waals surface area contributed by atoms with Gasteiger partial charge in [-0.25, -0.2) is 8.42 Å². The van der Waals surface area contributed by atoms with Crippen molar-refractivity contribution in [1.29, 1.82) is 0 Å². The van der Waals surface area contributed by atoms with Gasteiger partial charge in [-0.2, -0.15) is 4.31 Å². The number of piperidine rings is 1. The van der Waals surface area contributed by atoms with Crippen LogP contribution in [-0.2, 0) is 10.0 Å². The summed E-state index contributed by atoms with van der Waals surface area (Å²) >= 11 is 5.97. The quantitative estimate of drug-likeness (QED) is 0.926. The van der Waals surface area contributed by atoms with Gasteiger partial charge in [0.15, 0.2) is 0 Å². The van der Waals surface area contributed by atoms with Crippen LogP contribution in [0.25, 0.3) is 0 Å². The molecule has 1 heterocycles. The van der Waals surface area contributed by atoms with Crippen molar-refractivity contribution in [2.75, 3.05) is 20.1 Å². The average molecular weight is 325 g/mol. The molecule has 0 bridgehead atoms. The van der Waals surface area contributed by atoms with E-state index in [1.54, 1.807) is 24.3 Å². The molecule has 0 aliphatic carbocycles. The van der Waals surface area contributed by atoms with Crippen molar-refractivity contribution < 1.29 is 8.42 Å². The Kier molecular flexibility index (Phi) is 6.08. The van der Waals surface area contributed by atoms with Crippen molar-refractivity contribution in [3.8, 4) is 0 Å². The predicted molar refractivity (Wildman–Crippen MR) is 79.5 cm³/mol. The van der Waals surface area contributed by atoms with Gasteiger partial charge in [-0.15, -0.1) is 12.4 Å². The molecule has 0 spiro atoms. The van der Waals surface area contributed by atoms with Gasteiger partial charge in [0.1, 0.15) is 4.90 Å². The first-order valence-corrected chi connectivity index (χ1v) is 7.79. The first kappa shape index (κ1) is 16.7. The number of rotatable bonds is 3. The largest absolute Gasteiger partial charge is 0.317 e. The van der Waals surface area contributed by atoms with E-state index >= 15 is 0 Å². The van der Waals surface area contributed by atoms with Crippen LogP contribution in [0.5, 0.6) is 0 Å². The van der Waals surface area contributed by atoms with Gasteiger partial charge in [-0.05, 0) is 32.0 Å². The number of nitrogens with one attached hydrogen (secondary N) is 1. The van der Waals surface area contributed by atoms with Crippen molar-refractivity contribution in [1.82, 2.24) is 9.62 Å². The third-order valence-corrected chi connectivity index (χ3v) is 5.72. The van der Waals surface area contributed by atoms with Gasteiger partial charge in [0.05, 0.1) is 5.02 Å². The second-order valence-corrected chi connectivity index (χ2v) is 6.71. The summed E-state index contributed by atoms with van der Waals surface area (Å²) in [5.74, 6) is 0. The highest BCUT2D eigenvalue weighted by Crippen LogP contribution is 2.26. The maximum absolute atomic E-state index is 12.4. The number of hydrogen-bond acceptors (Lipinski definition) is 3. The van der Waals surface area contributed by atoms with E-state index in [0.717, 1.165) is 12.8 Å². The van der Waals surface area contributed by atoms with Gasteiger partial charge >= 0.3 is 0 Å². The SMILES string of the molecule is CNC1CCN(S(=O)(=O)c2ccccc2Cl)CC1.Cl. The molecule has 2 rings (SSSR count). The van der Waals surface area contributed by atoms with Crippen LogP contribution >= 0.6 is 24.0 Å². The predicted octanol–water partition coefficient (Wildman–Crippen LogP) is 2.13. The molecule has 0 radical (unpaired) electrons. The summed E-state index contributed by atoms with van der Waals surface area (Å²) in [5.41, 5.74) is 0. The molecule has 4 nitrogen and oxygen atoms in total. The Morgan fingerprint density at radius 1 is 1.26 bits per heavy atom. The second-order valence-electron chi connectivity index (χ2n) is 4.40. The minimum absolute atomic E-state index is 0. The van der Waals surface area contributed by atoms with Gasteiger partial charge in [0.2, 0.25) is 10.0 Å². The first-order chi connectivity index (χ1) is 8.55. The summed E-state index contributed by atoms with van der Waals surface area (Å²) in [4.78, 5) is 0.203. The highest BCUT2D eigenvalue weighted by Gasteiger charge is 2.30. The van der Waals surface area contributed by atoms with Crippen LogP contribution in [0.15, 0.2) is 29.2 Å². The van der Waals surface area contributed by atoms with Gasteiger partial charge in [-0.3, -0.25) is 0 Å². The van der Waals surface area contributed by atoms with Crippen LogP contribution in [-0.4, -0.2) is 38.9 Å². The molecule has 0 unspecified atom stereocenters. The van der Waals surface area contributed by atoms with Crippen LogP contribution in [0, 0.1) is 0 Å². The van der Waals surface area contributed by atoms with Gasteiger partial charge in [0, 0.05) is 19.1 Å². The zero-order valence-corrected chi connectivity index (χ0v) is 13.1. The molecule has 0 atom stereocenters. The van der Waals surface area contributed by atoms with E-state index in [4.69, 9.17) is 11.6 Å². The van der Waals surface area contributed by atoms with E-state index in [-0.39, 0.29) is 22.3 Å². The third-order valence-electron chi connectivity index (χ3n) is 3.32. The van der Waals surface area contributed by atoms with E-state index in [1.165, 1.54) is 4.31 Å². The summed E-state index contributed by atoms with van der Waals surface area (Å²) in [6.45, 7) is 1.08. The summed E-state index contributed by atoms with van der Waals surface area (Å²) in [5, 5.41) is 3.46. The molecule has 108 valence electrons. The molecule has 1 aromatic carbocycles. The van der Waals surface area contributed by atoms with Crippen LogP contribution in [0.1, 0.15) is 12.8 Å². The molecule has 0 amide bonds. The molecule has 0 aromatic heterocycles. The van der Waals surface area contributed by atoms with Gasteiger partial charge in [0.25, 0.3) is 0 Å². The number of nitrogens with zero attached hydrogens (tertiary/aromatic N) is 1. The van der Waals surface area contributed by atoms with E-state index in [0.29, 0.717) is 19.1 Å². The Balaban J connectivity index is 0.00000180. The van der Waals surface area contributed by atoms with Crippen LogP contribution in [0.4, 0.5) is 0 Å². The fourth-order valence-corrected chi connectivity index (χ4v) is 4.14. The fourth-order valence-electron chi connectivity index (χ4n) is 2.18. The highest BCUT2D eigenvalue weighted by atomic mass is 35.5. The summed E-state index contributed by atoms with van der Waals surface area (Å²) in [6, 6.07) is 6.99. The third kappa shape index (κ3) is 3.61. The number of hydrogen-bond donors (Lipinski definition) is 1. The van der Waals surface area contributed by atoms with Crippen molar-refractivity contribution in [2.45, 2.75) is 23.8 Å². The Labute approximate surface area is 125 Å². The summed E-state index contributed by atoms with van der Waals surface area (Å²) in [7, 11) is -1.55. The number of halogens is 2. The lowest BCUT2D eigenvalue weighted by Crippen LogP contribution is -2.43. The van der Waals surface area contributed by atoms with Gasteiger partial charge in [-0.1, -0.05) is 23.7 Å². The smallest absolute Gasteiger partial charge is 0.244 e. The first-order valence-electron chi connectivity index (χ1n) is 5.97. The van der Waals surface area contributed by atoms with Crippen molar-refractivity contribution in [3.63, 3.8) is 0 Å². The Hall–Kier alpha value is -0.330. The molecule has 1 aromatic rings. The minimum Gasteiger partial charge on any atom is -0.317 e. The van der Waals surface area contributed by atoms with Crippen molar-refractivity contribution in [3.05, 3.63) is 29.3 Å². The minimum atomic E-state index is -3.45. The van der Waals surface area contributed by atoms with Crippen LogP contribution < -0.4 is 5.32 Å². The lowest BCUT2D eigenvalue weighted by Gasteiger charge is -2.31. The number of sulfonamides is 1. The molecule has 1 aliphatic rings. The van der Waals surface area contributed by atoms with E-state index in [1.807, 2.05) is 7.05 Å². The molecule has 0 saturated carbocycles. The monoisotopic (exact) mass is 324 g/mol. The maximum Gasteiger partial charge on any atom is 0.244 e. The normalized spacial score (nSPS) is 18.0. The van der Waals surface area contributed by atoms with Crippen LogP contribution in [0.3, 0.4) is 0 Å². The molecule has 1 aliphatic heterocycles. The van der Waals surface area contributed by atoms with Crippen molar-refractivity contribution in [2.24, 2.45) is 0 Å². The Morgan fingerprint density at radius 3 is 2.37 bits per heavy atom. The van der Waals surface area contributed by atoms with Crippen LogP contribution in [0.2, 0.25) is 5.02 Å². The van der Waals surface area contributed by atoms with E-state index in [2.05, 4.69) is 5.32 Å². The molecule has 1 saturated heterocycles. The standard InChI is InChI=1S/C12H17ClN2O2S.ClH/c1-14-10-6-8-15(9-7-10)18(16,17)12-5-3-2-4-11(12)13;/h2-5,10,14H,6-9H2,1H3;1H. The zero-order chi connectivity index (χ0) is 13.2. The lowest BCUT2D eigenvalue weighted by molar-refractivity contribution is 0.298. The topological polar surface area (TPSA) is 49.4 Å². The van der Waals surface area contributed by atoms with E-state index < -0.39 is 10.0 Å². The maximum atomic E-state index is 12.4. The highest BCUT2D eigenvalue weighted by molar-refractivity contribution is 7.89. The molecule has 1 N–H and O–H groups in total. The van der Waals surface area contributed by atoms with E-state index in [9.17, 15) is 8.42 Å². The lowest BCUT2D eigenvalue weighted by atomic mass is 10.1. The Bertz CT molecular complexity index is 514. The summed E-state index contributed by atoms with van der Waals surface area (Å²) in [6.07, 6.45) is 1.67. The molecule has 7 heteroatoms. The zero-order valence-electron chi connectivity index (χ0n) is 10.7. The number of benzene rings is 1. The molecular weight excluding hydrogens is 307 g/mol. The molecule has 19 heavy (non-hydrogen) atoms. The summed E-state index contributed by atoms with van der Waals surface area (Å²) < 4.78 is 26.4. The Morgan fingerprint density at radius 2 is 1.84 bits per heavy atom. The fraction of sp³-hybridized carbons (Fsp3) is 0.500.